The lowest BCUT2D eigenvalue weighted by molar-refractivity contribution is 0.122. The number of rotatable bonds is 14. The lowest BCUT2D eigenvalue weighted by Gasteiger charge is -2.34. The van der Waals surface area contributed by atoms with Gasteiger partial charge in [-0.2, -0.15) is 5.10 Å². The predicted molar refractivity (Wildman–Crippen MR) is 176 cm³/mol. The molecule has 44 heavy (non-hydrogen) atoms. The second kappa shape index (κ2) is 15.0. The molecular formula is C33H44ClN7O3. The highest BCUT2D eigenvalue weighted by molar-refractivity contribution is 5.85. The monoisotopic (exact) mass is 621 g/mol. The predicted octanol–water partition coefficient (Wildman–Crippen LogP) is 4.87. The first kappa shape index (κ1) is 32.0. The molecule has 4 aromatic rings. The van der Waals surface area contributed by atoms with Crippen LogP contribution < -0.4 is 14.4 Å². The number of aliphatic hydroxyl groups is 1. The fraction of sp³-hybridized carbons (Fsp3) is 0.485. The fourth-order valence-corrected chi connectivity index (χ4v) is 5.78. The van der Waals surface area contributed by atoms with Gasteiger partial charge in [0, 0.05) is 93.8 Å². The van der Waals surface area contributed by atoms with Crippen molar-refractivity contribution in [3.8, 4) is 22.8 Å². The number of hydrogen-bond donors (Lipinski definition) is 1. The zero-order chi connectivity index (χ0) is 29.6. The van der Waals surface area contributed by atoms with E-state index in [4.69, 9.17) is 24.5 Å². The molecule has 2 aromatic carbocycles. The second-order valence-electron chi connectivity index (χ2n) is 11.7. The third kappa shape index (κ3) is 7.98. The largest absolute Gasteiger partial charge is 0.497 e. The lowest BCUT2D eigenvalue weighted by atomic mass is 10.1. The summed E-state index contributed by atoms with van der Waals surface area (Å²) in [7, 11) is 3.37. The smallest absolute Gasteiger partial charge is 0.124 e. The number of halogens is 1. The third-order valence-electron chi connectivity index (χ3n) is 8.51. The number of aryl methyl sites for hydroxylation is 1. The van der Waals surface area contributed by atoms with Crippen molar-refractivity contribution >= 4 is 34.8 Å². The van der Waals surface area contributed by atoms with Crippen molar-refractivity contribution in [2.45, 2.75) is 32.2 Å². The Morgan fingerprint density at radius 3 is 2.20 bits per heavy atom. The molecule has 6 rings (SSSR count). The first-order valence-corrected chi connectivity index (χ1v) is 15.5. The van der Waals surface area contributed by atoms with Crippen molar-refractivity contribution in [1.82, 2.24) is 29.5 Å². The fourth-order valence-electron chi connectivity index (χ4n) is 5.78. The minimum atomic E-state index is 0. The van der Waals surface area contributed by atoms with Gasteiger partial charge in [0.25, 0.3) is 0 Å². The van der Waals surface area contributed by atoms with E-state index in [-0.39, 0.29) is 19.0 Å². The zero-order valence-electron chi connectivity index (χ0n) is 25.8. The molecule has 0 unspecified atom stereocenters. The molecule has 1 aliphatic carbocycles. The molecule has 2 aromatic heterocycles. The number of hydrogen-bond acceptors (Lipinski definition) is 9. The van der Waals surface area contributed by atoms with Crippen molar-refractivity contribution in [3.05, 3.63) is 55.0 Å². The summed E-state index contributed by atoms with van der Waals surface area (Å²) in [6, 6.07) is 12.3. The summed E-state index contributed by atoms with van der Waals surface area (Å²) in [5.41, 5.74) is 5.64. The van der Waals surface area contributed by atoms with Gasteiger partial charge in [-0.3, -0.25) is 9.67 Å². The summed E-state index contributed by atoms with van der Waals surface area (Å²) >= 11 is 0. The molecule has 0 atom stereocenters. The van der Waals surface area contributed by atoms with Crippen LogP contribution in [0.15, 0.2) is 55.0 Å². The van der Waals surface area contributed by atoms with Gasteiger partial charge in [-0.25, -0.2) is 4.98 Å². The molecule has 11 heteroatoms. The molecule has 1 saturated heterocycles. The topological polar surface area (TPSA) is 92.0 Å². The molecule has 1 N–H and O–H groups in total. The summed E-state index contributed by atoms with van der Waals surface area (Å²) in [5.74, 6) is 2.22. The number of piperazine rings is 1. The Kier molecular flexibility index (Phi) is 10.9. The molecule has 2 aliphatic rings. The average molecular weight is 622 g/mol. The van der Waals surface area contributed by atoms with Crippen LogP contribution in [0, 0.1) is 5.92 Å². The van der Waals surface area contributed by atoms with Crippen molar-refractivity contribution in [3.63, 3.8) is 0 Å². The van der Waals surface area contributed by atoms with Gasteiger partial charge in [0.1, 0.15) is 11.5 Å². The Morgan fingerprint density at radius 1 is 0.841 bits per heavy atom. The number of ether oxygens (including phenoxy) is 2. The molecule has 0 bridgehead atoms. The third-order valence-corrected chi connectivity index (χ3v) is 8.51. The summed E-state index contributed by atoms with van der Waals surface area (Å²) in [4.78, 5) is 17.1. The first-order chi connectivity index (χ1) is 21.1. The number of anilines is 2. The summed E-state index contributed by atoms with van der Waals surface area (Å²) < 4.78 is 13.1. The molecule has 1 aliphatic heterocycles. The molecule has 0 radical (unpaired) electrons. The molecule has 1 saturated carbocycles. The van der Waals surface area contributed by atoms with Gasteiger partial charge in [0.2, 0.25) is 0 Å². The van der Waals surface area contributed by atoms with Gasteiger partial charge in [-0.05, 0) is 56.3 Å². The zero-order valence-corrected chi connectivity index (χ0v) is 26.6. The van der Waals surface area contributed by atoms with Crippen LogP contribution in [0.3, 0.4) is 0 Å². The van der Waals surface area contributed by atoms with Crippen LogP contribution in [-0.4, -0.2) is 101 Å². The maximum absolute atomic E-state index is 9.06. The van der Waals surface area contributed by atoms with E-state index in [1.807, 2.05) is 23.1 Å². The van der Waals surface area contributed by atoms with Crippen molar-refractivity contribution in [1.29, 1.82) is 0 Å². The van der Waals surface area contributed by atoms with Gasteiger partial charge in [-0.1, -0.05) is 0 Å². The van der Waals surface area contributed by atoms with E-state index < -0.39 is 0 Å². The van der Waals surface area contributed by atoms with Crippen LogP contribution in [0.1, 0.15) is 25.7 Å². The minimum absolute atomic E-state index is 0. The lowest BCUT2D eigenvalue weighted by Crippen LogP contribution is -2.46. The summed E-state index contributed by atoms with van der Waals surface area (Å²) in [6.07, 6.45) is 10.2. The summed E-state index contributed by atoms with van der Waals surface area (Å²) in [5, 5.41) is 13.7. The number of aromatic nitrogens is 4. The van der Waals surface area contributed by atoms with Gasteiger partial charge < -0.3 is 29.3 Å². The maximum Gasteiger partial charge on any atom is 0.124 e. The Labute approximate surface area is 266 Å². The maximum atomic E-state index is 9.06. The van der Waals surface area contributed by atoms with Crippen LogP contribution in [0.25, 0.3) is 22.3 Å². The van der Waals surface area contributed by atoms with Crippen molar-refractivity contribution in [2.75, 3.05) is 71.5 Å². The van der Waals surface area contributed by atoms with Crippen molar-refractivity contribution < 1.29 is 14.6 Å². The number of fused-ring (bicyclic) bond motifs is 1. The van der Waals surface area contributed by atoms with E-state index in [0.717, 1.165) is 110 Å². The average Bonchev–Trinajstić information content (AvgIpc) is 3.76. The van der Waals surface area contributed by atoms with Crippen molar-refractivity contribution in [2.24, 2.45) is 5.92 Å². The standard InChI is InChI=1S/C33H43N7O3.ClH/c1-42-29-17-28(18-30(20-29)43-2)40(23-25-5-6-25)27-7-8-31-32(19-27)36-33(22-34-31)26-21-35-39(24-26)11-3-9-37-12-14-38(15-13-37)10-4-16-41;/h7-8,17-22,24-25,41H,3-6,9-16,23H2,1-2H3;1H. The molecule has 10 nitrogen and oxygen atoms in total. The molecule has 3 heterocycles. The van der Waals surface area contributed by atoms with E-state index in [9.17, 15) is 0 Å². The molecule has 236 valence electrons. The van der Waals surface area contributed by atoms with E-state index in [0.29, 0.717) is 5.92 Å². The highest BCUT2D eigenvalue weighted by Gasteiger charge is 2.26. The number of nitrogens with zero attached hydrogens (tertiary/aromatic N) is 7. The van der Waals surface area contributed by atoms with Gasteiger partial charge in [0.15, 0.2) is 0 Å². The molecule has 2 fully saturated rings. The quantitative estimate of drug-likeness (QED) is 0.212. The van der Waals surface area contributed by atoms with Gasteiger partial charge in [0.05, 0.1) is 43.3 Å². The van der Waals surface area contributed by atoms with Crippen LogP contribution >= 0.6 is 12.4 Å². The number of benzene rings is 2. The molecule has 0 amide bonds. The van der Waals surface area contributed by atoms with Crippen LogP contribution in [0.2, 0.25) is 0 Å². The van der Waals surface area contributed by atoms with E-state index in [1.165, 1.54) is 12.8 Å². The minimum Gasteiger partial charge on any atom is -0.497 e. The van der Waals surface area contributed by atoms with Crippen LogP contribution in [0.4, 0.5) is 11.4 Å². The van der Waals surface area contributed by atoms with Crippen LogP contribution in [-0.2, 0) is 6.54 Å². The SMILES string of the molecule is COc1cc(OC)cc(N(CC2CC2)c2ccc3ncc(-c4cnn(CCCN5CCN(CCCO)CC5)c4)nc3c2)c1.Cl. The molecular weight excluding hydrogens is 578 g/mol. The Balaban J connectivity index is 0.00000384. The normalized spacial score (nSPS) is 15.7. The second-order valence-corrected chi connectivity index (χ2v) is 11.7. The highest BCUT2D eigenvalue weighted by atomic mass is 35.5. The Morgan fingerprint density at radius 2 is 1.55 bits per heavy atom. The van der Waals surface area contributed by atoms with E-state index >= 15 is 0 Å². The van der Waals surface area contributed by atoms with E-state index in [2.05, 4.69) is 56.3 Å². The first-order valence-electron chi connectivity index (χ1n) is 15.5. The highest BCUT2D eigenvalue weighted by Crippen LogP contribution is 2.38. The van der Waals surface area contributed by atoms with Gasteiger partial charge in [-0.15, -0.1) is 12.4 Å². The Bertz CT molecular complexity index is 1480. The number of methoxy groups -OCH3 is 2. The van der Waals surface area contributed by atoms with Crippen LogP contribution in [0.5, 0.6) is 11.5 Å². The molecule has 0 spiro atoms. The number of aliphatic hydroxyl groups excluding tert-OH is 1. The van der Waals surface area contributed by atoms with E-state index in [1.54, 1.807) is 14.2 Å². The summed E-state index contributed by atoms with van der Waals surface area (Å²) in [6.45, 7) is 8.49. The van der Waals surface area contributed by atoms with Gasteiger partial charge >= 0.3 is 0 Å². The Hall–Kier alpha value is -3.44.